The molecule has 0 aliphatic carbocycles. The van der Waals surface area contributed by atoms with Crippen LogP contribution in [0.5, 0.6) is 0 Å². The first-order valence-electron chi connectivity index (χ1n) is 7.42. The van der Waals surface area contributed by atoms with Gasteiger partial charge in [-0.3, -0.25) is 0 Å². The monoisotopic (exact) mass is 370 g/mol. The molecule has 2 aliphatic heterocycles. The van der Waals surface area contributed by atoms with Crippen LogP contribution in [-0.4, -0.2) is 76.4 Å². The summed E-state index contributed by atoms with van der Waals surface area (Å²) < 4.78 is 0. The van der Waals surface area contributed by atoms with Gasteiger partial charge in [0, 0.05) is 49.2 Å². The number of nitrogens with zero attached hydrogens (tertiary/aromatic N) is 4. The molecule has 8 nitrogen and oxygen atoms in total. The lowest BCUT2D eigenvalue weighted by molar-refractivity contribution is -0.191. The molecule has 1 N–H and O–H groups in total. The van der Waals surface area contributed by atoms with Gasteiger partial charge in [-0.2, -0.15) is 33.1 Å². The summed E-state index contributed by atoms with van der Waals surface area (Å²) in [6, 6.07) is 0. The number of carboxylic acid groups (broad SMARTS) is 1. The Bertz CT molecular complexity index is 598. The molecule has 2 fully saturated rings. The number of aromatic carboxylic acids is 1. The first-order chi connectivity index (χ1) is 11.7. The fourth-order valence-corrected chi connectivity index (χ4v) is 4.27. The summed E-state index contributed by atoms with van der Waals surface area (Å²) in [6.07, 6.45) is 1.97. The van der Waals surface area contributed by atoms with Gasteiger partial charge in [-0.1, -0.05) is 0 Å². The van der Waals surface area contributed by atoms with Gasteiger partial charge < -0.3 is 14.9 Å². The first kappa shape index (κ1) is 18.6. The number of rotatable bonds is 3. The molecule has 2 aliphatic rings. The van der Waals surface area contributed by atoms with Crippen molar-refractivity contribution in [3.8, 4) is 0 Å². The van der Waals surface area contributed by atoms with Crippen molar-refractivity contribution < 1.29 is 19.5 Å². The number of carbonyl (C=O) groups is 1. The average Bonchev–Trinajstić information content (AvgIpc) is 2.63. The molecular weight excluding hydrogens is 352 g/mol. The van der Waals surface area contributed by atoms with E-state index < -0.39 is 5.97 Å². The third kappa shape index (κ3) is 4.86. The molecule has 0 atom stereocenters. The number of carboxylic acids is 1. The molecule has 0 saturated carbocycles. The van der Waals surface area contributed by atoms with Crippen molar-refractivity contribution in [1.82, 2.24) is 9.97 Å². The predicted octanol–water partition coefficient (Wildman–Crippen LogP) is 0.698. The van der Waals surface area contributed by atoms with Gasteiger partial charge in [-0.05, 0) is 0 Å². The second-order valence-electron chi connectivity index (χ2n) is 4.99. The average molecular weight is 370 g/mol. The lowest BCUT2D eigenvalue weighted by Gasteiger charge is -2.30. The molecule has 0 bridgehead atoms. The number of thioether (sulfide) groups is 2. The van der Waals surface area contributed by atoms with Gasteiger partial charge in [-0.15, -0.1) is 0 Å². The number of aromatic nitrogens is 2. The summed E-state index contributed by atoms with van der Waals surface area (Å²) in [5, 5.41) is 9.46. The maximum absolute atomic E-state index is 11.5. The molecule has 0 radical (unpaired) electrons. The van der Waals surface area contributed by atoms with E-state index in [0.717, 1.165) is 49.2 Å². The minimum atomic E-state index is -0.996. The van der Waals surface area contributed by atoms with Crippen LogP contribution in [0.1, 0.15) is 10.5 Å². The molecule has 0 amide bonds. The van der Waals surface area contributed by atoms with Crippen molar-refractivity contribution in [3.05, 3.63) is 11.9 Å². The van der Waals surface area contributed by atoms with Crippen LogP contribution >= 0.6 is 23.5 Å². The summed E-state index contributed by atoms with van der Waals surface area (Å²) in [6.45, 7) is 3.47. The molecule has 0 aromatic carbocycles. The Labute approximate surface area is 148 Å². The lowest BCUT2D eigenvalue weighted by atomic mass is 10.3. The lowest BCUT2D eigenvalue weighted by Crippen LogP contribution is -2.36. The van der Waals surface area contributed by atoms with Gasteiger partial charge in [0.2, 0.25) is 0 Å². The Kier molecular flexibility index (Phi) is 7.36. The van der Waals surface area contributed by atoms with E-state index in [1.165, 1.54) is 0 Å². The van der Waals surface area contributed by atoms with Crippen molar-refractivity contribution in [2.75, 3.05) is 59.0 Å². The molecule has 24 heavy (non-hydrogen) atoms. The van der Waals surface area contributed by atoms with Crippen molar-refractivity contribution in [1.29, 1.82) is 0 Å². The highest BCUT2D eigenvalue weighted by atomic mass is 32.2. The van der Waals surface area contributed by atoms with Crippen molar-refractivity contribution >= 4 is 47.3 Å². The van der Waals surface area contributed by atoms with Crippen LogP contribution < -0.4 is 9.80 Å². The third-order valence-electron chi connectivity index (χ3n) is 3.59. The summed E-state index contributed by atoms with van der Waals surface area (Å²) in [4.78, 5) is 40.7. The molecule has 1 aromatic heterocycles. The second-order valence-corrected chi connectivity index (χ2v) is 7.44. The summed E-state index contributed by atoms with van der Waals surface area (Å²) in [5.41, 5.74) is 0.0811. The Morgan fingerprint density at radius 3 is 2.04 bits per heavy atom. The zero-order valence-corrected chi connectivity index (χ0v) is 14.6. The minimum absolute atomic E-state index is 0.0811. The Hall–Kier alpha value is -1.77. The van der Waals surface area contributed by atoms with E-state index in [9.17, 15) is 9.90 Å². The van der Waals surface area contributed by atoms with Gasteiger partial charge in [-0.25, -0.2) is 14.8 Å². The zero-order chi connectivity index (χ0) is 17.4. The van der Waals surface area contributed by atoms with Gasteiger partial charge in [0.25, 0.3) is 0 Å². The van der Waals surface area contributed by atoms with Crippen LogP contribution in [-0.2, 0) is 9.59 Å². The highest BCUT2D eigenvalue weighted by Gasteiger charge is 2.23. The largest absolute Gasteiger partial charge is 0.476 e. The highest BCUT2D eigenvalue weighted by molar-refractivity contribution is 7.99. The van der Waals surface area contributed by atoms with Gasteiger partial charge in [0.15, 0.2) is 11.5 Å². The molecule has 3 rings (SSSR count). The minimum Gasteiger partial charge on any atom is -0.476 e. The van der Waals surface area contributed by atoms with E-state index in [0.29, 0.717) is 11.6 Å². The predicted molar refractivity (Wildman–Crippen MR) is 93.1 cm³/mol. The Morgan fingerprint density at radius 1 is 1.04 bits per heavy atom. The van der Waals surface area contributed by atoms with Crippen LogP contribution in [0.15, 0.2) is 6.20 Å². The maximum atomic E-state index is 11.5. The smallest absolute Gasteiger partial charge is 0.373 e. The number of hydrogen-bond donors (Lipinski definition) is 1. The number of carbonyl (C=O) groups excluding carboxylic acids is 2. The van der Waals surface area contributed by atoms with Crippen LogP contribution in [0, 0.1) is 0 Å². The standard InChI is InChI=1S/C13H18N4O2S2.CO2/c18-13(19)11-12(17-3-7-21-8-4-17)14-9-10(15-11)16-1-5-20-6-2-16;2-1-3/h9H,1-8H2,(H,18,19);. The van der Waals surface area contributed by atoms with E-state index in [1.54, 1.807) is 6.20 Å². The fraction of sp³-hybridized carbons (Fsp3) is 0.571. The zero-order valence-electron chi connectivity index (χ0n) is 13.0. The van der Waals surface area contributed by atoms with Gasteiger partial charge in [0.1, 0.15) is 5.82 Å². The summed E-state index contributed by atoms with van der Waals surface area (Å²) in [5.74, 6) is 4.31. The van der Waals surface area contributed by atoms with Crippen molar-refractivity contribution in [2.24, 2.45) is 0 Å². The molecule has 0 spiro atoms. The fourth-order valence-electron chi connectivity index (χ4n) is 2.47. The molecule has 1 aromatic rings. The molecule has 2 saturated heterocycles. The first-order valence-corrected chi connectivity index (χ1v) is 9.73. The van der Waals surface area contributed by atoms with E-state index in [-0.39, 0.29) is 11.8 Å². The van der Waals surface area contributed by atoms with Crippen LogP contribution in [0.25, 0.3) is 0 Å². The van der Waals surface area contributed by atoms with E-state index in [4.69, 9.17) is 9.59 Å². The van der Waals surface area contributed by atoms with Crippen molar-refractivity contribution in [2.45, 2.75) is 0 Å². The number of anilines is 2. The topological polar surface area (TPSA) is 104 Å². The number of hydrogen-bond acceptors (Lipinski definition) is 9. The van der Waals surface area contributed by atoms with E-state index in [2.05, 4.69) is 14.9 Å². The highest BCUT2D eigenvalue weighted by Crippen LogP contribution is 2.24. The maximum Gasteiger partial charge on any atom is 0.373 e. The summed E-state index contributed by atoms with van der Waals surface area (Å²) >= 11 is 3.80. The van der Waals surface area contributed by atoms with E-state index in [1.807, 2.05) is 28.4 Å². The third-order valence-corrected chi connectivity index (χ3v) is 5.47. The van der Waals surface area contributed by atoms with Crippen LogP contribution in [0.3, 0.4) is 0 Å². The normalized spacial score (nSPS) is 17.5. The SMILES string of the molecule is O=C(O)c1nc(N2CCSCC2)cnc1N1CCSCC1.O=C=O. The molecule has 3 heterocycles. The van der Waals surface area contributed by atoms with Gasteiger partial charge in [0.05, 0.1) is 6.20 Å². The van der Waals surface area contributed by atoms with Crippen LogP contribution in [0.2, 0.25) is 0 Å². The van der Waals surface area contributed by atoms with Gasteiger partial charge >= 0.3 is 12.1 Å². The second kappa shape index (κ2) is 9.51. The van der Waals surface area contributed by atoms with Crippen molar-refractivity contribution in [3.63, 3.8) is 0 Å². The molecule has 10 heteroatoms. The molecular formula is C14H18N4O4S2. The Balaban J connectivity index is 0.000000647. The quantitative estimate of drug-likeness (QED) is 0.817. The van der Waals surface area contributed by atoms with Crippen LogP contribution in [0.4, 0.5) is 11.6 Å². The molecule has 130 valence electrons. The Morgan fingerprint density at radius 2 is 1.54 bits per heavy atom. The summed E-state index contributed by atoms with van der Waals surface area (Å²) in [7, 11) is 0. The van der Waals surface area contributed by atoms with E-state index >= 15 is 0 Å². The molecule has 0 unspecified atom stereocenters.